The van der Waals surface area contributed by atoms with E-state index in [0.29, 0.717) is 17.7 Å². The molecule has 0 atom stereocenters. The normalized spacial score (nSPS) is 13.0. The summed E-state index contributed by atoms with van der Waals surface area (Å²) in [4.78, 5) is 48.3. The highest BCUT2D eigenvalue weighted by Gasteiger charge is 2.34. The van der Waals surface area contributed by atoms with Crippen molar-refractivity contribution in [1.29, 1.82) is 0 Å². The number of carbonyl (C=O) groups is 4. The summed E-state index contributed by atoms with van der Waals surface area (Å²) in [6.45, 7) is 0.597. The zero-order valence-electron chi connectivity index (χ0n) is 13.0. The second-order valence-corrected chi connectivity index (χ2v) is 5.57. The lowest BCUT2D eigenvalue weighted by molar-refractivity contribution is -0.122. The predicted octanol–water partition coefficient (Wildman–Crippen LogP) is 0.534. The van der Waals surface area contributed by atoms with Gasteiger partial charge in [-0.25, -0.2) is 0 Å². The summed E-state index contributed by atoms with van der Waals surface area (Å²) in [5.41, 5.74) is 0.731. The van der Waals surface area contributed by atoms with Crippen LogP contribution in [0, 0.1) is 0 Å². The van der Waals surface area contributed by atoms with E-state index in [1.807, 2.05) is 0 Å². The molecule has 2 N–H and O–H groups in total. The first-order chi connectivity index (χ1) is 11.5. The van der Waals surface area contributed by atoms with Crippen LogP contribution >= 0.6 is 11.6 Å². The first-order valence-corrected chi connectivity index (χ1v) is 8.12. The van der Waals surface area contributed by atoms with E-state index >= 15 is 0 Å². The molecule has 128 valence electrons. The molecule has 4 amide bonds. The molecule has 0 spiro atoms. The summed E-state index contributed by atoms with van der Waals surface area (Å²) in [6.07, 6.45) is 0.246. The molecule has 1 aliphatic heterocycles. The smallest absolute Gasteiger partial charge is 0.261 e. The lowest BCUT2D eigenvalue weighted by atomic mass is 10.1. The number of fused-ring (bicyclic) bond motifs is 1. The number of halogens is 1. The molecule has 0 unspecified atom stereocenters. The second-order valence-electron chi connectivity index (χ2n) is 5.20. The number of nitrogens with zero attached hydrogens (tertiary/aromatic N) is 1. The molecule has 7 nitrogen and oxygen atoms in total. The molecule has 0 aliphatic carbocycles. The Kier molecular flexibility index (Phi) is 6.31. The molecule has 1 heterocycles. The van der Waals surface area contributed by atoms with Gasteiger partial charge in [-0.3, -0.25) is 24.1 Å². The molecular weight excluding hydrogens is 334 g/mol. The van der Waals surface area contributed by atoms with E-state index in [0.717, 1.165) is 4.90 Å². The van der Waals surface area contributed by atoms with Crippen LogP contribution in [0.2, 0.25) is 0 Å². The van der Waals surface area contributed by atoms with Crippen molar-refractivity contribution >= 4 is 35.2 Å². The van der Waals surface area contributed by atoms with Crippen molar-refractivity contribution in [2.45, 2.75) is 12.8 Å². The minimum absolute atomic E-state index is 0.0150. The van der Waals surface area contributed by atoms with Gasteiger partial charge < -0.3 is 10.6 Å². The Labute approximate surface area is 144 Å². The number of hydrogen-bond donors (Lipinski definition) is 2. The maximum absolute atomic E-state index is 12.1. The summed E-state index contributed by atoms with van der Waals surface area (Å²) in [6, 6.07) is 6.58. The molecule has 1 aliphatic rings. The Bertz CT molecular complexity index is 627. The van der Waals surface area contributed by atoms with Crippen molar-refractivity contribution in [3.63, 3.8) is 0 Å². The monoisotopic (exact) mass is 351 g/mol. The molecule has 0 radical (unpaired) electrons. The van der Waals surface area contributed by atoms with Gasteiger partial charge in [0.25, 0.3) is 11.8 Å². The van der Waals surface area contributed by atoms with Gasteiger partial charge in [-0.15, -0.1) is 11.6 Å². The molecule has 0 saturated heterocycles. The van der Waals surface area contributed by atoms with Crippen molar-refractivity contribution in [3.05, 3.63) is 35.4 Å². The molecule has 0 bridgehead atoms. The zero-order chi connectivity index (χ0) is 17.5. The number of benzene rings is 1. The fraction of sp³-hybridized carbons (Fsp3) is 0.375. The topological polar surface area (TPSA) is 95.6 Å². The van der Waals surface area contributed by atoms with Crippen LogP contribution in [-0.2, 0) is 9.59 Å². The molecule has 8 heteroatoms. The minimum atomic E-state index is -0.378. The van der Waals surface area contributed by atoms with Gasteiger partial charge in [0, 0.05) is 38.4 Å². The van der Waals surface area contributed by atoms with E-state index in [4.69, 9.17) is 11.6 Å². The zero-order valence-corrected chi connectivity index (χ0v) is 13.8. The molecule has 0 fully saturated rings. The third-order valence-corrected chi connectivity index (χ3v) is 3.72. The Hall–Kier alpha value is -2.41. The second kappa shape index (κ2) is 8.44. The van der Waals surface area contributed by atoms with Crippen LogP contribution in [0.1, 0.15) is 33.6 Å². The highest BCUT2D eigenvalue weighted by molar-refractivity contribution is 6.21. The molecule has 1 aromatic rings. The van der Waals surface area contributed by atoms with E-state index in [2.05, 4.69) is 10.6 Å². The van der Waals surface area contributed by atoms with Crippen LogP contribution in [-0.4, -0.2) is 54.0 Å². The maximum atomic E-state index is 12.1. The van der Waals surface area contributed by atoms with Gasteiger partial charge in [-0.2, -0.15) is 0 Å². The summed E-state index contributed by atoms with van der Waals surface area (Å²) >= 11 is 5.43. The van der Waals surface area contributed by atoms with Gasteiger partial charge in [0.05, 0.1) is 11.1 Å². The first-order valence-electron chi connectivity index (χ1n) is 7.59. The molecule has 0 aromatic heterocycles. The third-order valence-electron chi connectivity index (χ3n) is 3.53. The summed E-state index contributed by atoms with van der Waals surface area (Å²) < 4.78 is 0. The Balaban J connectivity index is 1.72. The fourth-order valence-corrected chi connectivity index (χ4v) is 2.49. The van der Waals surface area contributed by atoms with Crippen LogP contribution in [0.25, 0.3) is 0 Å². The number of alkyl halides is 1. The van der Waals surface area contributed by atoms with Gasteiger partial charge in [-0.05, 0) is 12.1 Å². The number of nitrogens with one attached hydrogen (secondary N) is 2. The standard InChI is InChI=1S/C16H18ClN3O4/c17-7-5-13(21)18-8-9-19-14(22)6-10-20-15(23)11-3-1-2-4-12(11)16(20)24/h1-4H,5-10H2,(H,18,21)(H,19,22). The van der Waals surface area contributed by atoms with Crippen LogP contribution in [0.3, 0.4) is 0 Å². The quantitative estimate of drug-likeness (QED) is 0.406. The number of imide groups is 1. The highest BCUT2D eigenvalue weighted by Crippen LogP contribution is 2.22. The molecule has 1 aromatic carbocycles. The molecular formula is C16H18ClN3O4. The van der Waals surface area contributed by atoms with Gasteiger partial charge in [0.2, 0.25) is 11.8 Å². The number of carbonyl (C=O) groups excluding carboxylic acids is 4. The molecule has 2 rings (SSSR count). The third kappa shape index (κ3) is 4.32. The van der Waals surface area contributed by atoms with Crippen molar-refractivity contribution in [2.75, 3.05) is 25.5 Å². The van der Waals surface area contributed by atoms with E-state index in [9.17, 15) is 19.2 Å². The fourth-order valence-electron chi connectivity index (χ4n) is 2.32. The van der Waals surface area contributed by atoms with E-state index in [-0.39, 0.29) is 55.4 Å². The average Bonchev–Trinajstić information content (AvgIpc) is 2.82. The lowest BCUT2D eigenvalue weighted by Crippen LogP contribution is -2.37. The number of rotatable bonds is 8. The summed E-state index contributed by atoms with van der Waals surface area (Å²) in [5.74, 6) is -0.977. The highest BCUT2D eigenvalue weighted by atomic mass is 35.5. The minimum Gasteiger partial charge on any atom is -0.354 e. The van der Waals surface area contributed by atoms with Crippen molar-refractivity contribution < 1.29 is 19.2 Å². The van der Waals surface area contributed by atoms with Crippen molar-refractivity contribution in [3.8, 4) is 0 Å². The maximum Gasteiger partial charge on any atom is 0.261 e. The molecule has 24 heavy (non-hydrogen) atoms. The van der Waals surface area contributed by atoms with Crippen molar-refractivity contribution in [1.82, 2.24) is 15.5 Å². The molecule has 0 saturated carbocycles. The summed E-state index contributed by atoms with van der Waals surface area (Å²) in [7, 11) is 0. The number of amides is 4. The van der Waals surface area contributed by atoms with Gasteiger partial charge in [0.15, 0.2) is 0 Å². The number of hydrogen-bond acceptors (Lipinski definition) is 4. The Morgan fingerprint density at radius 1 is 0.917 bits per heavy atom. The van der Waals surface area contributed by atoms with Crippen LogP contribution in [0.15, 0.2) is 24.3 Å². The van der Waals surface area contributed by atoms with Crippen LogP contribution in [0.5, 0.6) is 0 Å². The average molecular weight is 352 g/mol. The van der Waals surface area contributed by atoms with Crippen LogP contribution in [0.4, 0.5) is 0 Å². The predicted molar refractivity (Wildman–Crippen MR) is 87.8 cm³/mol. The van der Waals surface area contributed by atoms with Gasteiger partial charge in [-0.1, -0.05) is 12.1 Å². The SMILES string of the molecule is O=C(CCCl)NCCNC(=O)CCN1C(=O)c2ccccc2C1=O. The Morgan fingerprint density at radius 2 is 1.42 bits per heavy atom. The van der Waals surface area contributed by atoms with Crippen molar-refractivity contribution in [2.24, 2.45) is 0 Å². The van der Waals surface area contributed by atoms with Gasteiger partial charge >= 0.3 is 0 Å². The first kappa shape index (κ1) is 17.9. The largest absolute Gasteiger partial charge is 0.354 e. The van der Waals surface area contributed by atoms with E-state index < -0.39 is 0 Å². The van der Waals surface area contributed by atoms with Gasteiger partial charge in [0.1, 0.15) is 0 Å². The lowest BCUT2D eigenvalue weighted by Gasteiger charge is -2.13. The van der Waals surface area contributed by atoms with E-state index in [1.165, 1.54) is 0 Å². The van der Waals surface area contributed by atoms with Crippen LogP contribution < -0.4 is 10.6 Å². The Morgan fingerprint density at radius 3 is 1.92 bits per heavy atom. The van der Waals surface area contributed by atoms with E-state index in [1.54, 1.807) is 24.3 Å². The summed E-state index contributed by atoms with van der Waals surface area (Å²) in [5, 5.41) is 5.22.